The number of nitrogens with zero attached hydrogens (tertiary/aromatic N) is 3. The molecule has 1 aromatic heterocycles. The summed E-state index contributed by atoms with van der Waals surface area (Å²) in [5.41, 5.74) is 0.00218. The van der Waals surface area contributed by atoms with E-state index in [4.69, 9.17) is 0 Å². The molecule has 0 atom stereocenters. The monoisotopic (exact) mass is 301 g/mol. The maximum atomic E-state index is 12.7. The van der Waals surface area contributed by atoms with Crippen LogP contribution in [0.15, 0.2) is 5.03 Å². The number of hydrogen-bond donors (Lipinski definition) is 1. The molecule has 1 aliphatic rings. The molecular formula is C12H19N3O4S. The summed E-state index contributed by atoms with van der Waals surface area (Å²) in [5.74, 6) is -1.19. The van der Waals surface area contributed by atoms with Gasteiger partial charge in [0.1, 0.15) is 5.54 Å². The molecule has 0 amide bonds. The molecule has 112 valence electrons. The van der Waals surface area contributed by atoms with Crippen molar-refractivity contribution >= 4 is 16.0 Å². The number of rotatable bonds is 4. The first-order valence-corrected chi connectivity index (χ1v) is 7.81. The fourth-order valence-electron chi connectivity index (χ4n) is 2.38. The quantitative estimate of drug-likeness (QED) is 0.868. The van der Waals surface area contributed by atoms with Crippen LogP contribution in [0.3, 0.4) is 0 Å². The number of aliphatic carboxylic acids is 1. The Labute approximate surface area is 118 Å². The summed E-state index contributed by atoms with van der Waals surface area (Å²) in [6.07, 6.45) is 2.32. The van der Waals surface area contributed by atoms with Crippen LogP contribution in [0.5, 0.6) is 0 Å². The predicted molar refractivity (Wildman–Crippen MR) is 71.9 cm³/mol. The van der Waals surface area contributed by atoms with E-state index in [1.807, 2.05) is 0 Å². The number of aromatic nitrogens is 2. The van der Waals surface area contributed by atoms with Gasteiger partial charge in [-0.25, -0.2) is 8.42 Å². The number of carbonyl (C=O) groups is 1. The van der Waals surface area contributed by atoms with E-state index in [1.165, 1.54) is 25.6 Å². The SMILES string of the molecule is CN(C(C)(C)C(=O)O)S(=O)(=O)c1c2c(nn1C)CCC2. The molecule has 20 heavy (non-hydrogen) atoms. The van der Waals surface area contributed by atoms with Gasteiger partial charge in [0.05, 0.1) is 5.69 Å². The topological polar surface area (TPSA) is 92.5 Å². The van der Waals surface area contributed by atoms with Crippen molar-refractivity contribution in [2.75, 3.05) is 7.05 Å². The first-order chi connectivity index (χ1) is 9.10. The lowest BCUT2D eigenvalue weighted by atomic mass is 10.1. The molecule has 0 saturated heterocycles. The minimum Gasteiger partial charge on any atom is -0.480 e. The molecule has 1 N–H and O–H groups in total. The number of aryl methyl sites for hydroxylation is 2. The smallest absolute Gasteiger partial charge is 0.324 e. The van der Waals surface area contributed by atoms with Crippen LogP contribution in [0.25, 0.3) is 0 Å². The Bertz CT molecular complexity index is 660. The molecule has 1 aromatic rings. The average Bonchev–Trinajstić information content (AvgIpc) is 2.86. The second kappa shape index (κ2) is 4.56. The molecule has 0 aliphatic heterocycles. The minimum atomic E-state index is -3.90. The van der Waals surface area contributed by atoms with E-state index < -0.39 is 21.5 Å². The summed E-state index contributed by atoms with van der Waals surface area (Å²) in [7, 11) is -1.04. The largest absolute Gasteiger partial charge is 0.480 e. The van der Waals surface area contributed by atoms with Crippen molar-refractivity contribution in [3.63, 3.8) is 0 Å². The number of sulfonamides is 1. The molecule has 0 bridgehead atoms. The zero-order chi connectivity index (χ0) is 15.3. The number of likely N-dealkylation sites (N-methyl/N-ethyl adjacent to an activating group) is 1. The molecule has 0 unspecified atom stereocenters. The van der Waals surface area contributed by atoms with Gasteiger partial charge in [-0.2, -0.15) is 9.40 Å². The van der Waals surface area contributed by atoms with Crippen LogP contribution >= 0.6 is 0 Å². The molecule has 0 aromatic carbocycles. The van der Waals surface area contributed by atoms with E-state index in [0.717, 1.165) is 28.4 Å². The third kappa shape index (κ3) is 2.03. The van der Waals surface area contributed by atoms with E-state index in [1.54, 1.807) is 7.05 Å². The summed E-state index contributed by atoms with van der Waals surface area (Å²) in [6, 6.07) is 0. The van der Waals surface area contributed by atoms with Crippen LogP contribution in [-0.2, 0) is 34.7 Å². The van der Waals surface area contributed by atoms with Gasteiger partial charge in [0.2, 0.25) is 0 Å². The fourth-order valence-corrected chi connectivity index (χ4v) is 4.22. The standard InChI is InChI=1S/C12H19N3O4S/c1-12(2,11(16)17)15(4)20(18,19)10-8-6-5-7-9(8)13-14(10)3/h5-7H2,1-4H3,(H,16,17). The second-order valence-electron chi connectivity index (χ2n) is 5.54. The van der Waals surface area contributed by atoms with Crippen LogP contribution in [-0.4, -0.2) is 46.2 Å². The van der Waals surface area contributed by atoms with E-state index in [9.17, 15) is 18.3 Å². The van der Waals surface area contributed by atoms with Crippen LogP contribution in [0.4, 0.5) is 0 Å². The van der Waals surface area contributed by atoms with Gasteiger partial charge in [-0.15, -0.1) is 0 Å². The van der Waals surface area contributed by atoms with Crippen molar-refractivity contribution in [1.82, 2.24) is 14.1 Å². The van der Waals surface area contributed by atoms with E-state index in [0.29, 0.717) is 6.42 Å². The normalized spacial score (nSPS) is 15.7. The number of carboxylic acids is 1. The fraction of sp³-hybridized carbons (Fsp3) is 0.667. The Kier molecular flexibility index (Phi) is 3.42. The molecule has 0 saturated carbocycles. The lowest BCUT2D eigenvalue weighted by Gasteiger charge is -2.30. The molecule has 1 heterocycles. The highest BCUT2D eigenvalue weighted by molar-refractivity contribution is 7.89. The zero-order valence-corrected chi connectivity index (χ0v) is 12.9. The van der Waals surface area contributed by atoms with Crippen LogP contribution < -0.4 is 0 Å². The van der Waals surface area contributed by atoms with Crippen molar-refractivity contribution in [3.8, 4) is 0 Å². The summed E-state index contributed by atoms with van der Waals surface area (Å²) in [4.78, 5) is 11.3. The number of fused-ring (bicyclic) bond motifs is 1. The van der Waals surface area contributed by atoms with Gasteiger partial charge in [-0.3, -0.25) is 9.48 Å². The summed E-state index contributed by atoms with van der Waals surface area (Å²) >= 11 is 0. The molecule has 0 radical (unpaired) electrons. The lowest BCUT2D eigenvalue weighted by molar-refractivity contribution is -0.145. The molecule has 0 fully saturated rings. The third-order valence-electron chi connectivity index (χ3n) is 3.93. The summed E-state index contributed by atoms with van der Waals surface area (Å²) in [5, 5.41) is 13.5. The Morgan fingerprint density at radius 1 is 1.40 bits per heavy atom. The highest BCUT2D eigenvalue weighted by atomic mass is 32.2. The minimum absolute atomic E-state index is 0.113. The van der Waals surface area contributed by atoms with Crippen LogP contribution in [0.1, 0.15) is 31.5 Å². The third-order valence-corrected chi connectivity index (χ3v) is 6.10. The molecular weight excluding hydrogens is 282 g/mol. The Morgan fingerprint density at radius 3 is 2.55 bits per heavy atom. The van der Waals surface area contributed by atoms with Gasteiger partial charge in [0.25, 0.3) is 10.0 Å². The van der Waals surface area contributed by atoms with Gasteiger partial charge in [-0.05, 0) is 33.1 Å². The van der Waals surface area contributed by atoms with E-state index in [-0.39, 0.29) is 5.03 Å². The lowest BCUT2D eigenvalue weighted by Crippen LogP contribution is -2.51. The van der Waals surface area contributed by atoms with Crippen molar-refractivity contribution in [3.05, 3.63) is 11.3 Å². The van der Waals surface area contributed by atoms with Gasteiger partial charge in [-0.1, -0.05) is 0 Å². The Hall–Kier alpha value is -1.41. The number of hydrogen-bond acceptors (Lipinski definition) is 4. The van der Waals surface area contributed by atoms with Crippen LogP contribution in [0.2, 0.25) is 0 Å². The maximum absolute atomic E-state index is 12.7. The molecule has 8 heteroatoms. The average molecular weight is 301 g/mol. The van der Waals surface area contributed by atoms with Crippen molar-refractivity contribution in [2.24, 2.45) is 7.05 Å². The Morgan fingerprint density at radius 2 is 2.00 bits per heavy atom. The molecule has 1 aliphatic carbocycles. The second-order valence-corrected chi connectivity index (χ2v) is 7.43. The predicted octanol–water partition coefficient (Wildman–Crippen LogP) is 0.392. The molecule has 2 rings (SSSR count). The highest BCUT2D eigenvalue weighted by Gasteiger charge is 2.43. The molecule has 7 nitrogen and oxygen atoms in total. The van der Waals surface area contributed by atoms with Crippen molar-refractivity contribution in [1.29, 1.82) is 0 Å². The summed E-state index contributed by atoms with van der Waals surface area (Å²) < 4.78 is 27.7. The van der Waals surface area contributed by atoms with Gasteiger partial charge in [0, 0.05) is 19.7 Å². The van der Waals surface area contributed by atoms with Crippen molar-refractivity contribution < 1.29 is 18.3 Å². The Balaban J connectivity index is 2.55. The van der Waals surface area contributed by atoms with Gasteiger partial charge >= 0.3 is 5.97 Å². The van der Waals surface area contributed by atoms with Crippen LogP contribution in [0, 0.1) is 0 Å². The summed E-state index contributed by atoms with van der Waals surface area (Å²) in [6.45, 7) is 2.73. The first-order valence-electron chi connectivity index (χ1n) is 6.37. The number of carboxylic acid groups (broad SMARTS) is 1. The van der Waals surface area contributed by atoms with Crippen molar-refractivity contribution in [2.45, 2.75) is 43.7 Å². The van der Waals surface area contributed by atoms with E-state index in [2.05, 4.69) is 5.10 Å². The van der Waals surface area contributed by atoms with Gasteiger partial charge in [0.15, 0.2) is 5.03 Å². The van der Waals surface area contributed by atoms with E-state index >= 15 is 0 Å². The van der Waals surface area contributed by atoms with Gasteiger partial charge < -0.3 is 5.11 Å². The zero-order valence-electron chi connectivity index (χ0n) is 12.0. The molecule has 0 spiro atoms. The first kappa shape index (κ1) is 15.0. The highest BCUT2D eigenvalue weighted by Crippen LogP contribution is 2.31. The maximum Gasteiger partial charge on any atom is 0.324 e.